The highest BCUT2D eigenvalue weighted by Crippen LogP contribution is 2.47. The number of aromatic nitrogens is 3. The summed E-state index contributed by atoms with van der Waals surface area (Å²) in [4.78, 5) is 21.0. The van der Waals surface area contributed by atoms with Crippen molar-refractivity contribution in [1.29, 1.82) is 0 Å². The predicted molar refractivity (Wildman–Crippen MR) is 114 cm³/mol. The summed E-state index contributed by atoms with van der Waals surface area (Å²) in [6.07, 6.45) is 3.14. The van der Waals surface area contributed by atoms with Gasteiger partial charge in [-0.05, 0) is 5.92 Å². The Kier molecular flexibility index (Phi) is 6.94. The molecular weight excluding hydrogens is 430 g/mol. The quantitative estimate of drug-likeness (QED) is 0.770. The van der Waals surface area contributed by atoms with Crippen molar-refractivity contribution < 1.29 is 4.39 Å². The molecule has 1 fully saturated rings. The van der Waals surface area contributed by atoms with Crippen molar-refractivity contribution >= 4 is 59.0 Å². The second kappa shape index (κ2) is 8.46. The molecule has 4 rings (SSSR count). The minimum absolute atomic E-state index is 0. The first kappa shape index (κ1) is 22.1. The molecule has 0 spiro atoms. The van der Waals surface area contributed by atoms with E-state index in [0.29, 0.717) is 29.3 Å². The van der Waals surface area contributed by atoms with Gasteiger partial charge in [-0.3, -0.25) is 4.98 Å². The van der Waals surface area contributed by atoms with Crippen LogP contribution in [0.2, 0.25) is 0 Å². The number of amidine groups is 1. The lowest BCUT2D eigenvalue weighted by molar-refractivity contribution is 0.394. The summed E-state index contributed by atoms with van der Waals surface area (Å²) in [5.41, 5.74) is 7.91. The molecule has 0 bridgehead atoms. The number of thioether (sulfide) groups is 1. The highest BCUT2D eigenvalue weighted by molar-refractivity contribution is 8.13. The number of fused-ring (bicyclic) bond motifs is 1. The fraction of sp³-hybridized carbons (Fsp3) is 0.500. The first-order valence-electron chi connectivity index (χ1n) is 8.14. The van der Waals surface area contributed by atoms with Crippen LogP contribution in [-0.2, 0) is 5.54 Å². The largest absolute Gasteiger partial charge is 0.379 e. The van der Waals surface area contributed by atoms with Gasteiger partial charge in [0.1, 0.15) is 5.54 Å². The van der Waals surface area contributed by atoms with Crippen LogP contribution in [0, 0.1) is 11.7 Å². The van der Waals surface area contributed by atoms with E-state index < -0.39 is 5.54 Å². The van der Waals surface area contributed by atoms with Crippen LogP contribution in [0.1, 0.15) is 30.3 Å². The van der Waals surface area contributed by atoms with E-state index in [1.165, 1.54) is 6.20 Å². The van der Waals surface area contributed by atoms with Crippen LogP contribution in [-0.4, -0.2) is 39.0 Å². The Morgan fingerprint density at radius 1 is 1.33 bits per heavy atom. The molecule has 1 saturated heterocycles. The molecule has 2 N–H and O–H groups in total. The lowest BCUT2D eigenvalue weighted by Gasteiger charge is -2.32. The number of aliphatic imine (C=N–C) groups is 1. The second-order valence-electron chi connectivity index (χ2n) is 6.69. The highest BCUT2D eigenvalue weighted by atomic mass is 35.5. The number of hydrogen-bond donors (Lipinski definition) is 1. The zero-order chi connectivity index (χ0) is 17.6. The molecule has 0 aliphatic carbocycles. The molecule has 2 atom stereocenters. The van der Waals surface area contributed by atoms with Crippen molar-refractivity contribution in [2.75, 3.05) is 23.7 Å². The third-order valence-electron chi connectivity index (χ3n) is 4.74. The number of nitrogens with zero attached hydrogens (tertiary/aromatic N) is 5. The maximum absolute atomic E-state index is 14.0. The van der Waals surface area contributed by atoms with E-state index >= 15 is 0 Å². The van der Waals surface area contributed by atoms with E-state index in [-0.39, 0.29) is 36.5 Å². The van der Waals surface area contributed by atoms with Crippen molar-refractivity contribution in [3.63, 3.8) is 0 Å². The van der Waals surface area contributed by atoms with E-state index in [0.717, 1.165) is 17.2 Å². The number of halogens is 3. The number of nitrogens with two attached hydrogens (primary N) is 1. The first-order valence-corrected chi connectivity index (χ1v) is 10.0. The SMILES string of the molecule is CC(C)c1nc(N2C[C@H]3CSC(N)=NC3(c3cncs3)C2)ncc1F.Cl.Cl. The molecule has 148 valence electrons. The first-order chi connectivity index (χ1) is 12.0. The molecular formula is C16H21Cl2FN6S2. The average molecular weight is 451 g/mol. The van der Waals surface area contributed by atoms with Gasteiger partial charge in [0.15, 0.2) is 11.0 Å². The molecule has 0 aromatic carbocycles. The smallest absolute Gasteiger partial charge is 0.225 e. The topological polar surface area (TPSA) is 80.3 Å². The van der Waals surface area contributed by atoms with E-state index in [2.05, 4.69) is 19.9 Å². The molecule has 2 aliphatic heterocycles. The average Bonchev–Trinajstić information content (AvgIpc) is 3.22. The number of anilines is 1. The molecule has 27 heavy (non-hydrogen) atoms. The lowest BCUT2D eigenvalue weighted by atomic mass is 9.87. The monoisotopic (exact) mass is 450 g/mol. The van der Waals surface area contributed by atoms with Crippen molar-refractivity contribution in [3.05, 3.63) is 34.3 Å². The predicted octanol–water partition coefficient (Wildman–Crippen LogP) is 3.43. The number of hydrogen-bond acceptors (Lipinski definition) is 8. The zero-order valence-corrected chi connectivity index (χ0v) is 18.1. The molecule has 0 saturated carbocycles. The fourth-order valence-electron chi connectivity index (χ4n) is 3.48. The van der Waals surface area contributed by atoms with Crippen LogP contribution in [0.3, 0.4) is 0 Å². The number of thiazole rings is 1. The summed E-state index contributed by atoms with van der Waals surface area (Å²) >= 11 is 3.18. The summed E-state index contributed by atoms with van der Waals surface area (Å²) in [5.74, 6) is 1.39. The van der Waals surface area contributed by atoms with E-state index in [1.807, 2.05) is 25.6 Å². The Bertz CT molecular complexity index is 819. The van der Waals surface area contributed by atoms with Crippen LogP contribution in [0.4, 0.5) is 10.3 Å². The van der Waals surface area contributed by atoms with Gasteiger partial charge >= 0.3 is 0 Å². The maximum atomic E-state index is 14.0. The minimum Gasteiger partial charge on any atom is -0.379 e. The van der Waals surface area contributed by atoms with Gasteiger partial charge in [0.2, 0.25) is 5.95 Å². The Morgan fingerprint density at radius 2 is 2.11 bits per heavy atom. The lowest BCUT2D eigenvalue weighted by Crippen LogP contribution is -2.39. The summed E-state index contributed by atoms with van der Waals surface area (Å²) < 4.78 is 14.0. The Labute approximate surface area is 178 Å². The normalized spacial score (nSPS) is 24.1. The Morgan fingerprint density at radius 3 is 2.78 bits per heavy atom. The summed E-state index contributed by atoms with van der Waals surface area (Å²) in [6, 6.07) is 0. The van der Waals surface area contributed by atoms with Gasteiger partial charge in [-0.1, -0.05) is 25.6 Å². The van der Waals surface area contributed by atoms with Crippen LogP contribution in [0.15, 0.2) is 22.9 Å². The van der Waals surface area contributed by atoms with Gasteiger partial charge in [0, 0.05) is 24.4 Å². The minimum atomic E-state index is -0.410. The molecule has 11 heteroatoms. The molecule has 6 nitrogen and oxygen atoms in total. The van der Waals surface area contributed by atoms with Crippen LogP contribution < -0.4 is 10.6 Å². The van der Waals surface area contributed by atoms with E-state index in [9.17, 15) is 4.39 Å². The third-order valence-corrected chi connectivity index (χ3v) is 6.63. The van der Waals surface area contributed by atoms with Gasteiger partial charge in [0.05, 0.1) is 28.8 Å². The standard InChI is InChI=1S/C16H19FN6S2.2ClH/c1-9(2)13-11(17)3-20-15(21-13)23-5-10-6-24-14(18)22-16(10,7-23)12-4-19-8-25-12;;/h3-4,8-10H,5-7H2,1-2H3,(H2,18,22);2*1H/t10-,16?;;/m0../s1. The second-order valence-corrected chi connectivity index (χ2v) is 8.61. The van der Waals surface area contributed by atoms with Gasteiger partial charge in [-0.15, -0.1) is 36.2 Å². The van der Waals surface area contributed by atoms with Crippen LogP contribution >= 0.6 is 47.9 Å². The molecule has 0 radical (unpaired) electrons. The Hall–Kier alpha value is -1.16. The maximum Gasteiger partial charge on any atom is 0.225 e. The van der Waals surface area contributed by atoms with E-state index in [1.54, 1.807) is 23.1 Å². The summed E-state index contributed by atoms with van der Waals surface area (Å²) in [7, 11) is 0. The van der Waals surface area contributed by atoms with Gasteiger partial charge < -0.3 is 10.6 Å². The zero-order valence-electron chi connectivity index (χ0n) is 14.8. The Balaban J connectivity index is 0.00000131. The van der Waals surface area contributed by atoms with Crippen LogP contribution in [0.25, 0.3) is 0 Å². The molecule has 1 unspecified atom stereocenters. The molecule has 2 aromatic heterocycles. The molecule has 4 heterocycles. The van der Waals surface area contributed by atoms with Crippen molar-refractivity contribution in [2.24, 2.45) is 16.6 Å². The fourth-order valence-corrected chi connectivity index (χ4v) is 5.30. The van der Waals surface area contributed by atoms with Gasteiger partial charge in [0.25, 0.3) is 0 Å². The van der Waals surface area contributed by atoms with Crippen molar-refractivity contribution in [1.82, 2.24) is 15.0 Å². The highest BCUT2D eigenvalue weighted by Gasteiger charge is 2.51. The summed E-state index contributed by atoms with van der Waals surface area (Å²) in [5, 5.41) is 0.606. The van der Waals surface area contributed by atoms with Gasteiger partial charge in [-0.2, -0.15) is 0 Å². The van der Waals surface area contributed by atoms with Crippen molar-refractivity contribution in [2.45, 2.75) is 25.3 Å². The molecule has 0 amide bonds. The third kappa shape index (κ3) is 3.87. The van der Waals surface area contributed by atoms with Crippen molar-refractivity contribution in [3.8, 4) is 0 Å². The summed E-state index contributed by atoms with van der Waals surface area (Å²) in [6.45, 7) is 5.26. The van der Waals surface area contributed by atoms with Gasteiger partial charge in [-0.25, -0.2) is 19.4 Å². The van der Waals surface area contributed by atoms with Crippen LogP contribution in [0.5, 0.6) is 0 Å². The van der Waals surface area contributed by atoms with E-state index in [4.69, 9.17) is 10.7 Å². The molecule has 2 aliphatic rings. The number of rotatable bonds is 3. The molecule has 2 aromatic rings.